The van der Waals surface area contributed by atoms with Gasteiger partial charge in [-0.25, -0.2) is 4.98 Å². The zero-order valence-electron chi connectivity index (χ0n) is 20.6. The van der Waals surface area contributed by atoms with Crippen molar-refractivity contribution >= 4 is 22.6 Å². The molecule has 0 bridgehead atoms. The van der Waals surface area contributed by atoms with Gasteiger partial charge in [0.15, 0.2) is 0 Å². The zero-order chi connectivity index (χ0) is 24.2. The fourth-order valence-corrected chi connectivity index (χ4v) is 4.16. The van der Waals surface area contributed by atoms with E-state index in [0.29, 0.717) is 25.4 Å². The Morgan fingerprint density at radius 3 is 2.38 bits per heavy atom. The van der Waals surface area contributed by atoms with Gasteiger partial charge in [0.05, 0.1) is 17.8 Å². The van der Waals surface area contributed by atoms with E-state index in [9.17, 15) is 4.79 Å². The number of carbonyl (C=O) groups is 1. The summed E-state index contributed by atoms with van der Waals surface area (Å²) in [7, 11) is 3.53. The standard InChI is InChI=1S/C28H32N4O2/c1-19-10-9-11-20(2)24(19)16-29-25-14-23(28(33)31(4)5)15-26-27(25)30-21(3)32(26)18-34-17-22-12-7-6-8-13-22/h6-15,29H,16-18H2,1-5H3. The van der Waals surface area contributed by atoms with Crippen molar-refractivity contribution in [3.8, 4) is 0 Å². The van der Waals surface area contributed by atoms with Crippen LogP contribution < -0.4 is 5.32 Å². The van der Waals surface area contributed by atoms with E-state index < -0.39 is 0 Å². The number of amides is 1. The lowest BCUT2D eigenvalue weighted by Crippen LogP contribution is -2.22. The number of aromatic nitrogens is 2. The molecule has 1 amide bonds. The third kappa shape index (κ3) is 4.97. The van der Waals surface area contributed by atoms with E-state index in [1.54, 1.807) is 19.0 Å². The maximum Gasteiger partial charge on any atom is 0.253 e. The van der Waals surface area contributed by atoms with Crippen LogP contribution in [0.15, 0.2) is 60.7 Å². The Morgan fingerprint density at radius 2 is 1.71 bits per heavy atom. The number of rotatable bonds is 8. The van der Waals surface area contributed by atoms with Crippen LogP contribution in [0, 0.1) is 20.8 Å². The highest BCUT2D eigenvalue weighted by atomic mass is 16.5. The third-order valence-corrected chi connectivity index (χ3v) is 6.13. The fraction of sp³-hybridized carbons (Fsp3) is 0.286. The van der Waals surface area contributed by atoms with Gasteiger partial charge in [-0.2, -0.15) is 0 Å². The average molecular weight is 457 g/mol. The van der Waals surface area contributed by atoms with Gasteiger partial charge >= 0.3 is 0 Å². The molecule has 0 unspecified atom stereocenters. The van der Waals surface area contributed by atoms with Gasteiger partial charge in [0.25, 0.3) is 5.91 Å². The number of carbonyl (C=O) groups excluding carboxylic acids is 1. The summed E-state index contributed by atoms with van der Waals surface area (Å²) in [5.41, 5.74) is 8.01. The molecule has 176 valence electrons. The van der Waals surface area contributed by atoms with Gasteiger partial charge in [-0.1, -0.05) is 48.5 Å². The van der Waals surface area contributed by atoms with Crippen LogP contribution in [0.4, 0.5) is 5.69 Å². The molecule has 34 heavy (non-hydrogen) atoms. The molecule has 0 saturated carbocycles. The summed E-state index contributed by atoms with van der Waals surface area (Å²) in [4.78, 5) is 19.3. The number of ether oxygens (including phenoxy) is 1. The van der Waals surface area contributed by atoms with Crippen molar-refractivity contribution in [3.63, 3.8) is 0 Å². The van der Waals surface area contributed by atoms with Crippen LogP contribution >= 0.6 is 0 Å². The second-order valence-corrected chi connectivity index (χ2v) is 8.87. The Labute approximate surface area is 201 Å². The molecule has 4 rings (SSSR count). The smallest absolute Gasteiger partial charge is 0.253 e. The van der Waals surface area contributed by atoms with Crippen molar-refractivity contribution in [2.45, 2.75) is 40.7 Å². The molecule has 0 aliphatic carbocycles. The zero-order valence-corrected chi connectivity index (χ0v) is 20.6. The van der Waals surface area contributed by atoms with Crippen LogP contribution in [0.1, 0.15) is 38.4 Å². The monoisotopic (exact) mass is 456 g/mol. The summed E-state index contributed by atoms with van der Waals surface area (Å²) in [5.74, 6) is 0.792. The first kappa shape index (κ1) is 23.5. The number of benzene rings is 3. The van der Waals surface area contributed by atoms with Crippen LogP contribution in [0.3, 0.4) is 0 Å². The number of hydrogen-bond donors (Lipinski definition) is 1. The first-order valence-electron chi connectivity index (χ1n) is 11.5. The van der Waals surface area contributed by atoms with Crippen molar-refractivity contribution in [2.24, 2.45) is 0 Å². The molecular weight excluding hydrogens is 424 g/mol. The van der Waals surface area contributed by atoms with Crippen molar-refractivity contribution in [3.05, 3.63) is 94.3 Å². The summed E-state index contributed by atoms with van der Waals surface area (Å²) >= 11 is 0. The molecule has 0 atom stereocenters. The van der Waals surface area contributed by atoms with Crippen LogP contribution in [-0.2, 0) is 24.6 Å². The normalized spacial score (nSPS) is 11.1. The molecule has 0 fully saturated rings. The van der Waals surface area contributed by atoms with Crippen LogP contribution in [0.5, 0.6) is 0 Å². The highest BCUT2D eigenvalue weighted by Gasteiger charge is 2.18. The van der Waals surface area contributed by atoms with Gasteiger partial charge in [-0.3, -0.25) is 4.79 Å². The second kappa shape index (κ2) is 10.1. The molecule has 6 nitrogen and oxygen atoms in total. The molecule has 0 spiro atoms. The lowest BCUT2D eigenvalue weighted by molar-refractivity contribution is 0.0652. The quantitative estimate of drug-likeness (QED) is 0.383. The first-order chi connectivity index (χ1) is 16.3. The molecule has 0 aliphatic heterocycles. The van der Waals surface area contributed by atoms with E-state index >= 15 is 0 Å². The molecule has 6 heteroatoms. The molecular formula is C28H32N4O2. The summed E-state index contributed by atoms with van der Waals surface area (Å²) in [6.07, 6.45) is 0. The minimum atomic E-state index is -0.0485. The lowest BCUT2D eigenvalue weighted by atomic mass is 10.0. The molecule has 0 saturated heterocycles. The SMILES string of the molecule is Cc1cccc(C)c1CNc1cc(C(=O)N(C)C)cc2c1nc(C)n2COCc1ccccc1. The predicted molar refractivity (Wildman–Crippen MR) is 137 cm³/mol. The van der Waals surface area contributed by atoms with Crippen LogP contribution in [0.2, 0.25) is 0 Å². The van der Waals surface area contributed by atoms with Gasteiger partial charge in [0.1, 0.15) is 18.1 Å². The number of hydrogen-bond acceptors (Lipinski definition) is 4. The van der Waals surface area contributed by atoms with Gasteiger partial charge in [0, 0.05) is 26.2 Å². The van der Waals surface area contributed by atoms with Crippen LogP contribution in [-0.4, -0.2) is 34.5 Å². The Hall–Kier alpha value is -3.64. The number of aryl methyl sites for hydroxylation is 3. The van der Waals surface area contributed by atoms with Gasteiger partial charge in [-0.05, 0) is 55.2 Å². The van der Waals surface area contributed by atoms with E-state index in [1.165, 1.54) is 16.7 Å². The number of anilines is 1. The number of nitrogens with one attached hydrogen (secondary N) is 1. The average Bonchev–Trinajstić information content (AvgIpc) is 3.14. The summed E-state index contributed by atoms with van der Waals surface area (Å²) in [5, 5.41) is 3.55. The Morgan fingerprint density at radius 1 is 1.00 bits per heavy atom. The van der Waals surface area contributed by atoms with E-state index in [-0.39, 0.29) is 5.91 Å². The Kier molecular flexibility index (Phi) is 6.98. The third-order valence-electron chi connectivity index (χ3n) is 6.13. The van der Waals surface area contributed by atoms with Crippen molar-refractivity contribution < 1.29 is 9.53 Å². The van der Waals surface area contributed by atoms with Gasteiger partial charge < -0.3 is 19.5 Å². The number of imidazole rings is 1. The van der Waals surface area contributed by atoms with Gasteiger partial charge in [0.2, 0.25) is 0 Å². The minimum Gasteiger partial charge on any atom is -0.379 e. The molecule has 1 heterocycles. The van der Waals surface area contributed by atoms with E-state index in [4.69, 9.17) is 9.72 Å². The van der Waals surface area contributed by atoms with Crippen molar-refractivity contribution in [1.82, 2.24) is 14.5 Å². The molecule has 3 aromatic carbocycles. The Bertz CT molecular complexity index is 1290. The number of fused-ring (bicyclic) bond motifs is 1. The van der Waals surface area contributed by atoms with Crippen molar-refractivity contribution in [2.75, 3.05) is 19.4 Å². The summed E-state index contributed by atoms with van der Waals surface area (Å²) < 4.78 is 8.03. The summed E-state index contributed by atoms with van der Waals surface area (Å²) in [6.45, 7) is 7.72. The fourth-order valence-electron chi connectivity index (χ4n) is 4.16. The molecule has 0 aliphatic rings. The highest BCUT2D eigenvalue weighted by Crippen LogP contribution is 2.28. The maximum atomic E-state index is 12.9. The van der Waals surface area contributed by atoms with Gasteiger partial charge in [-0.15, -0.1) is 0 Å². The van der Waals surface area contributed by atoms with E-state index in [0.717, 1.165) is 28.1 Å². The largest absolute Gasteiger partial charge is 0.379 e. The molecule has 1 aromatic heterocycles. The number of nitrogens with zero attached hydrogens (tertiary/aromatic N) is 3. The maximum absolute atomic E-state index is 12.9. The molecule has 4 aromatic rings. The first-order valence-corrected chi connectivity index (χ1v) is 11.5. The lowest BCUT2D eigenvalue weighted by Gasteiger charge is -2.16. The van der Waals surface area contributed by atoms with Crippen molar-refractivity contribution in [1.29, 1.82) is 0 Å². The van der Waals surface area contributed by atoms with E-state index in [1.807, 2.05) is 54.0 Å². The Balaban J connectivity index is 1.68. The van der Waals surface area contributed by atoms with E-state index in [2.05, 4.69) is 37.4 Å². The predicted octanol–water partition coefficient (Wildman–Crippen LogP) is 5.45. The molecule has 0 radical (unpaired) electrons. The topological polar surface area (TPSA) is 59.4 Å². The minimum absolute atomic E-state index is 0.0485. The molecule has 1 N–H and O–H groups in total. The van der Waals surface area contributed by atoms with Crippen LogP contribution in [0.25, 0.3) is 11.0 Å². The second-order valence-electron chi connectivity index (χ2n) is 8.87. The highest BCUT2D eigenvalue weighted by molar-refractivity contribution is 6.01. The summed E-state index contributed by atoms with van der Waals surface area (Å²) in [6, 6.07) is 20.2.